The van der Waals surface area contributed by atoms with Crippen molar-refractivity contribution in [1.82, 2.24) is 4.98 Å². The SMILES string of the molecule is CC(C)C[C@H](C)Nc1c(F)c(F)nc(NCc2ccccc2)c1F. The van der Waals surface area contributed by atoms with Crippen molar-refractivity contribution in [3.05, 3.63) is 53.5 Å². The number of benzene rings is 1. The molecule has 0 aliphatic rings. The largest absolute Gasteiger partial charge is 0.378 e. The second kappa shape index (κ2) is 8.04. The van der Waals surface area contributed by atoms with Crippen molar-refractivity contribution >= 4 is 11.5 Å². The standard InChI is InChI=1S/C18H22F3N3/c1-11(2)9-12(3)23-16-14(19)17(21)24-18(15(16)20)22-10-13-7-5-4-6-8-13/h4-8,11-12H,9-10H2,1-3H3,(H2,22,23,24)/t12-/m0/s1. The van der Waals surface area contributed by atoms with Crippen LogP contribution >= 0.6 is 0 Å². The van der Waals surface area contributed by atoms with Crippen LogP contribution in [0, 0.1) is 23.5 Å². The van der Waals surface area contributed by atoms with Crippen molar-refractivity contribution in [2.45, 2.75) is 39.8 Å². The summed E-state index contributed by atoms with van der Waals surface area (Å²) in [6, 6.07) is 9.03. The topological polar surface area (TPSA) is 37.0 Å². The summed E-state index contributed by atoms with van der Waals surface area (Å²) >= 11 is 0. The Hall–Kier alpha value is -2.24. The maximum atomic E-state index is 14.5. The zero-order valence-corrected chi connectivity index (χ0v) is 14.0. The highest BCUT2D eigenvalue weighted by atomic mass is 19.2. The molecule has 0 unspecified atom stereocenters. The Morgan fingerprint density at radius 1 is 1.00 bits per heavy atom. The Labute approximate surface area is 140 Å². The van der Waals surface area contributed by atoms with Gasteiger partial charge in [0, 0.05) is 12.6 Å². The number of pyridine rings is 1. The van der Waals surface area contributed by atoms with Crippen LogP contribution < -0.4 is 10.6 Å². The van der Waals surface area contributed by atoms with Crippen LogP contribution in [0.1, 0.15) is 32.8 Å². The van der Waals surface area contributed by atoms with E-state index in [9.17, 15) is 13.2 Å². The average molecular weight is 337 g/mol. The highest BCUT2D eigenvalue weighted by Crippen LogP contribution is 2.27. The Kier molecular flexibility index (Phi) is 6.06. The molecule has 2 rings (SSSR count). The Morgan fingerprint density at radius 3 is 2.29 bits per heavy atom. The molecule has 1 atom stereocenters. The fourth-order valence-corrected chi connectivity index (χ4v) is 2.55. The lowest BCUT2D eigenvalue weighted by atomic mass is 10.1. The maximum absolute atomic E-state index is 14.5. The minimum absolute atomic E-state index is 0.197. The number of hydrogen-bond donors (Lipinski definition) is 2. The zero-order chi connectivity index (χ0) is 17.7. The van der Waals surface area contributed by atoms with Gasteiger partial charge in [-0.05, 0) is 24.8 Å². The van der Waals surface area contributed by atoms with Gasteiger partial charge in [-0.1, -0.05) is 44.2 Å². The van der Waals surface area contributed by atoms with Crippen molar-refractivity contribution in [3.8, 4) is 0 Å². The van der Waals surface area contributed by atoms with E-state index in [1.165, 1.54) is 0 Å². The second-order valence-corrected chi connectivity index (χ2v) is 6.27. The van der Waals surface area contributed by atoms with Gasteiger partial charge in [0.2, 0.25) is 5.82 Å². The Morgan fingerprint density at radius 2 is 1.67 bits per heavy atom. The van der Waals surface area contributed by atoms with Crippen molar-refractivity contribution in [2.75, 3.05) is 10.6 Å². The molecule has 1 heterocycles. The summed E-state index contributed by atoms with van der Waals surface area (Å²) in [5, 5.41) is 5.44. The molecule has 0 radical (unpaired) electrons. The molecule has 1 aromatic carbocycles. The van der Waals surface area contributed by atoms with Crippen LogP contribution in [0.3, 0.4) is 0 Å². The first-order valence-electron chi connectivity index (χ1n) is 7.97. The van der Waals surface area contributed by atoms with E-state index in [-0.39, 0.29) is 18.4 Å². The van der Waals surface area contributed by atoms with Crippen LogP contribution in [-0.2, 0) is 6.54 Å². The first-order chi connectivity index (χ1) is 11.4. The highest BCUT2D eigenvalue weighted by molar-refractivity contribution is 5.56. The number of nitrogens with zero attached hydrogens (tertiary/aromatic N) is 1. The highest BCUT2D eigenvalue weighted by Gasteiger charge is 2.22. The fourth-order valence-electron chi connectivity index (χ4n) is 2.55. The van der Waals surface area contributed by atoms with Gasteiger partial charge in [0.1, 0.15) is 5.69 Å². The molecule has 0 fully saturated rings. The number of anilines is 2. The van der Waals surface area contributed by atoms with E-state index in [4.69, 9.17) is 0 Å². The molecular formula is C18H22F3N3. The van der Waals surface area contributed by atoms with Crippen LogP contribution in [0.25, 0.3) is 0 Å². The lowest BCUT2D eigenvalue weighted by Gasteiger charge is -2.19. The third kappa shape index (κ3) is 4.63. The van der Waals surface area contributed by atoms with Crippen LogP contribution in [0.5, 0.6) is 0 Å². The third-order valence-corrected chi connectivity index (χ3v) is 3.56. The van der Waals surface area contributed by atoms with Gasteiger partial charge in [0.05, 0.1) is 0 Å². The molecule has 0 aliphatic heterocycles. The van der Waals surface area contributed by atoms with E-state index < -0.39 is 23.3 Å². The molecular weight excluding hydrogens is 315 g/mol. The minimum Gasteiger partial charge on any atom is -0.378 e. The summed E-state index contributed by atoms with van der Waals surface area (Å²) in [4.78, 5) is 3.35. The molecule has 0 saturated heterocycles. The summed E-state index contributed by atoms with van der Waals surface area (Å²) in [5.74, 6) is -3.50. The van der Waals surface area contributed by atoms with Gasteiger partial charge in [-0.25, -0.2) is 4.39 Å². The van der Waals surface area contributed by atoms with Crippen molar-refractivity contribution < 1.29 is 13.2 Å². The number of rotatable bonds is 7. The molecule has 6 heteroatoms. The van der Waals surface area contributed by atoms with E-state index in [0.717, 1.165) is 5.56 Å². The molecule has 2 N–H and O–H groups in total. The summed E-state index contributed by atoms with van der Waals surface area (Å²) in [5.41, 5.74) is 0.400. The first kappa shape index (κ1) is 18.1. The van der Waals surface area contributed by atoms with E-state index in [1.807, 2.05) is 44.2 Å². The predicted octanol–water partition coefficient (Wildman–Crippen LogP) is 4.96. The number of aromatic nitrogens is 1. The number of nitrogens with one attached hydrogen (secondary N) is 2. The number of halogens is 3. The van der Waals surface area contributed by atoms with Crippen molar-refractivity contribution in [2.24, 2.45) is 5.92 Å². The Balaban J connectivity index is 2.20. The summed E-state index contributed by atoms with van der Waals surface area (Å²) in [7, 11) is 0. The van der Waals surface area contributed by atoms with E-state index >= 15 is 0 Å². The van der Waals surface area contributed by atoms with Gasteiger partial charge < -0.3 is 10.6 Å². The van der Waals surface area contributed by atoms with Crippen molar-refractivity contribution in [3.63, 3.8) is 0 Å². The lowest BCUT2D eigenvalue weighted by Crippen LogP contribution is -2.21. The number of hydrogen-bond acceptors (Lipinski definition) is 3. The molecule has 3 nitrogen and oxygen atoms in total. The van der Waals surface area contributed by atoms with Crippen LogP contribution in [0.2, 0.25) is 0 Å². The van der Waals surface area contributed by atoms with E-state index in [0.29, 0.717) is 12.3 Å². The molecule has 0 aliphatic carbocycles. The Bertz CT molecular complexity index is 675. The van der Waals surface area contributed by atoms with Crippen molar-refractivity contribution in [1.29, 1.82) is 0 Å². The zero-order valence-electron chi connectivity index (χ0n) is 14.0. The molecule has 0 amide bonds. The summed E-state index contributed by atoms with van der Waals surface area (Å²) in [6.45, 7) is 6.07. The minimum atomic E-state index is -1.33. The van der Waals surface area contributed by atoms with Gasteiger partial charge in [-0.2, -0.15) is 13.8 Å². The maximum Gasteiger partial charge on any atom is 0.253 e. The molecule has 1 aromatic heterocycles. The quantitative estimate of drug-likeness (QED) is 0.701. The summed E-state index contributed by atoms with van der Waals surface area (Å²) in [6.07, 6.45) is 0.704. The van der Waals surface area contributed by atoms with Crippen LogP contribution in [0.4, 0.5) is 24.7 Å². The van der Waals surface area contributed by atoms with E-state index in [1.54, 1.807) is 6.92 Å². The molecule has 24 heavy (non-hydrogen) atoms. The fraction of sp³-hybridized carbons (Fsp3) is 0.389. The second-order valence-electron chi connectivity index (χ2n) is 6.27. The van der Waals surface area contributed by atoms with Gasteiger partial charge in [-0.3, -0.25) is 0 Å². The average Bonchev–Trinajstić information content (AvgIpc) is 2.54. The molecule has 2 aromatic rings. The van der Waals surface area contributed by atoms with Gasteiger partial charge >= 0.3 is 0 Å². The van der Waals surface area contributed by atoms with Crippen LogP contribution in [-0.4, -0.2) is 11.0 Å². The molecule has 0 saturated carbocycles. The predicted molar refractivity (Wildman–Crippen MR) is 90.4 cm³/mol. The monoisotopic (exact) mass is 337 g/mol. The summed E-state index contributed by atoms with van der Waals surface area (Å²) < 4.78 is 42.2. The third-order valence-electron chi connectivity index (χ3n) is 3.56. The molecule has 0 spiro atoms. The van der Waals surface area contributed by atoms with Gasteiger partial charge in [0.25, 0.3) is 5.95 Å². The van der Waals surface area contributed by atoms with Crippen LogP contribution in [0.15, 0.2) is 30.3 Å². The van der Waals surface area contributed by atoms with E-state index in [2.05, 4.69) is 15.6 Å². The van der Waals surface area contributed by atoms with Gasteiger partial charge in [-0.15, -0.1) is 0 Å². The normalized spacial score (nSPS) is 12.3. The van der Waals surface area contributed by atoms with Gasteiger partial charge in [0.15, 0.2) is 11.6 Å². The first-order valence-corrected chi connectivity index (χ1v) is 7.97. The lowest BCUT2D eigenvalue weighted by molar-refractivity contribution is 0.465. The molecule has 130 valence electrons. The molecule has 0 bridgehead atoms. The smallest absolute Gasteiger partial charge is 0.253 e.